The summed E-state index contributed by atoms with van der Waals surface area (Å²) in [5.74, 6) is 0. The van der Waals surface area contributed by atoms with E-state index in [1.54, 1.807) is 6.20 Å². The highest BCUT2D eigenvalue weighted by atomic mass is 15.1. The summed E-state index contributed by atoms with van der Waals surface area (Å²) in [6, 6.07) is 12.9. The predicted molar refractivity (Wildman–Crippen MR) is 80.1 cm³/mol. The Balaban J connectivity index is 2.01. The van der Waals surface area contributed by atoms with Crippen molar-refractivity contribution in [2.24, 2.45) is 5.73 Å². The molecule has 1 atom stereocenters. The Morgan fingerprint density at radius 2 is 1.89 bits per heavy atom. The number of pyridine rings is 1. The van der Waals surface area contributed by atoms with Gasteiger partial charge in [0.15, 0.2) is 0 Å². The minimum Gasteiger partial charge on any atom is -0.370 e. The Bertz CT molecular complexity index is 491. The zero-order valence-electron chi connectivity index (χ0n) is 11.6. The van der Waals surface area contributed by atoms with Crippen LogP contribution < -0.4 is 10.6 Å². The van der Waals surface area contributed by atoms with Gasteiger partial charge < -0.3 is 10.6 Å². The van der Waals surface area contributed by atoms with Gasteiger partial charge in [-0.25, -0.2) is 0 Å². The number of hydrogen-bond acceptors (Lipinski definition) is 3. The van der Waals surface area contributed by atoms with Gasteiger partial charge in [-0.2, -0.15) is 0 Å². The van der Waals surface area contributed by atoms with Crippen molar-refractivity contribution in [2.45, 2.75) is 25.9 Å². The summed E-state index contributed by atoms with van der Waals surface area (Å²) in [6.45, 7) is 2.89. The van der Waals surface area contributed by atoms with Crippen LogP contribution in [0, 0.1) is 0 Å². The van der Waals surface area contributed by atoms with Crippen molar-refractivity contribution in [2.75, 3.05) is 11.9 Å². The molecule has 2 aromatic rings. The quantitative estimate of drug-likeness (QED) is 0.893. The van der Waals surface area contributed by atoms with Crippen molar-refractivity contribution in [3.8, 4) is 0 Å². The van der Waals surface area contributed by atoms with Gasteiger partial charge in [0.2, 0.25) is 0 Å². The Hall–Kier alpha value is -1.87. The molecule has 0 aliphatic heterocycles. The first kappa shape index (κ1) is 13.6. The third kappa shape index (κ3) is 4.07. The van der Waals surface area contributed by atoms with Crippen molar-refractivity contribution in [3.63, 3.8) is 0 Å². The molecule has 0 bridgehead atoms. The molecule has 1 unspecified atom stereocenters. The van der Waals surface area contributed by atoms with Crippen molar-refractivity contribution in [1.29, 1.82) is 0 Å². The van der Waals surface area contributed by atoms with E-state index in [1.165, 1.54) is 16.8 Å². The van der Waals surface area contributed by atoms with Gasteiger partial charge in [-0.15, -0.1) is 0 Å². The van der Waals surface area contributed by atoms with Gasteiger partial charge in [-0.1, -0.05) is 18.2 Å². The molecule has 3 heteroatoms. The van der Waals surface area contributed by atoms with Crippen LogP contribution in [0.1, 0.15) is 18.1 Å². The molecule has 0 aliphatic carbocycles. The number of nitrogens with zero attached hydrogens (tertiary/aromatic N) is 2. The SMILES string of the molecule is CC(N)Cc1ccc(N(C)Cc2cccnc2)cc1. The Morgan fingerprint density at radius 3 is 2.47 bits per heavy atom. The topological polar surface area (TPSA) is 42.1 Å². The largest absolute Gasteiger partial charge is 0.370 e. The van der Waals surface area contributed by atoms with Crippen molar-refractivity contribution in [1.82, 2.24) is 4.98 Å². The molecular formula is C16H21N3. The lowest BCUT2D eigenvalue weighted by molar-refractivity contribution is 0.738. The maximum Gasteiger partial charge on any atom is 0.0441 e. The van der Waals surface area contributed by atoms with Crippen molar-refractivity contribution < 1.29 is 0 Å². The second-order valence-corrected chi connectivity index (χ2v) is 5.07. The van der Waals surface area contributed by atoms with E-state index in [2.05, 4.69) is 47.3 Å². The van der Waals surface area contributed by atoms with Gasteiger partial charge in [-0.3, -0.25) is 4.98 Å². The molecular weight excluding hydrogens is 234 g/mol. The second-order valence-electron chi connectivity index (χ2n) is 5.07. The molecule has 0 saturated carbocycles. The van der Waals surface area contributed by atoms with E-state index in [9.17, 15) is 0 Å². The number of benzene rings is 1. The molecule has 0 spiro atoms. The minimum atomic E-state index is 0.207. The van der Waals surface area contributed by atoms with Crippen LogP contribution in [0.3, 0.4) is 0 Å². The normalized spacial score (nSPS) is 12.2. The molecule has 0 saturated heterocycles. The summed E-state index contributed by atoms with van der Waals surface area (Å²) in [7, 11) is 2.09. The molecule has 100 valence electrons. The average Bonchev–Trinajstić information content (AvgIpc) is 2.40. The number of aromatic nitrogens is 1. The van der Waals surface area contributed by atoms with E-state index in [4.69, 9.17) is 5.73 Å². The van der Waals surface area contributed by atoms with Crippen LogP contribution >= 0.6 is 0 Å². The second kappa shape index (κ2) is 6.34. The molecule has 0 aliphatic rings. The number of anilines is 1. The Kier molecular flexibility index (Phi) is 4.53. The monoisotopic (exact) mass is 255 g/mol. The summed E-state index contributed by atoms with van der Waals surface area (Å²) in [4.78, 5) is 6.35. The third-order valence-corrected chi connectivity index (χ3v) is 3.08. The Labute approximate surface area is 115 Å². The van der Waals surface area contributed by atoms with Crippen molar-refractivity contribution in [3.05, 3.63) is 59.9 Å². The van der Waals surface area contributed by atoms with Gasteiger partial charge >= 0.3 is 0 Å². The maximum absolute atomic E-state index is 5.81. The summed E-state index contributed by atoms with van der Waals surface area (Å²) in [6.07, 6.45) is 4.62. The fourth-order valence-electron chi connectivity index (χ4n) is 2.12. The minimum absolute atomic E-state index is 0.207. The van der Waals surface area contributed by atoms with E-state index in [-0.39, 0.29) is 6.04 Å². The van der Waals surface area contributed by atoms with E-state index < -0.39 is 0 Å². The van der Waals surface area contributed by atoms with Crippen LogP contribution in [0.4, 0.5) is 5.69 Å². The fourth-order valence-corrected chi connectivity index (χ4v) is 2.12. The highest BCUT2D eigenvalue weighted by Gasteiger charge is 2.03. The van der Waals surface area contributed by atoms with Crippen LogP contribution in [-0.2, 0) is 13.0 Å². The van der Waals surface area contributed by atoms with Gasteiger partial charge in [0.1, 0.15) is 0 Å². The lowest BCUT2D eigenvalue weighted by Crippen LogP contribution is -2.18. The summed E-state index contributed by atoms with van der Waals surface area (Å²) >= 11 is 0. The molecule has 3 nitrogen and oxygen atoms in total. The number of nitrogens with two attached hydrogens (primary N) is 1. The first-order valence-electron chi connectivity index (χ1n) is 6.59. The van der Waals surface area contributed by atoms with Crippen LogP contribution in [0.5, 0.6) is 0 Å². The number of rotatable bonds is 5. The van der Waals surface area contributed by atoms with Crippen LogP contribution in [0.25, 0.3) is 0 Å². The molecule has 2 N–H and O–H groups in total. The molecule has 0 amide bonds. The predicted octanol–water partition coefficient (Wildman–Crippen LogP) is 2.61. The Morgan fingerprint density at radius 1 is 1.16 bits per heavy atom. The van der Waals surface area contributed by atoms with Gasteiger partial charge in [-0.05, 0) is 42.7 Å². The molecule has 0 radical (unpaired) electrons. The van der Waals surface area contributed by atoms with Gasteiger partial charge in [0.05, 0.1) is 0 Å². The lowest BCUT2D eigenvalue weighted by atomic mass is 10.1. The van der Waals surface area contributed by atoms with Crippen LogP contribution in [-0.4, -0.2) is 18.1 Å². The third-order valence-electron chi connectivity index (χ3n) is 3.08. The molecule has 1 heterocycles. The smallest absolute Gasteiger partial charge is 0.0441 e. The maximum atomic E-state index is 5.81. The zero-order chi connectivity index (χ0) is 13.7. The molecule has 0 fully saturated rings. The summed E-state index contributed by atoms with van der Waals surface area (Å²) < 4.78 is 0. The van der Waals surface area contributed by atoms with Crippen LogP contribution in [0.15, 0.2) is 48.8 Å². The van der Waals surface area contributed by atoms with E-state index in [0.717, 1.165) is 13.0 Å². The van der Waals surface area contributed by atoms with E-state index in [1.807, 2.05) is 19.2 Å². The fraction of sp³-hybridized carbons (Fsp3) is 0.312. The van der Waals surface area contributed by atoms with Gasteiger partial charge in [0.25, 0.3) is 0 Å². The number of hydrogen-bond donors (Lipinski definition) is 1. The van der Waals surface area contributed by atoms with E-state index >= 15 is 0 Å². The molecule has 1 aromatic carbocycles. The lowest BCUT2D eigenvalue weighted by Gasteiger charge is -2.19. The molecule has 2 rings (SSSR count). The molecule has 1 aromatic heterocycles. The molecule has 19 heavy (non-hydrogen) atoms. The van der Waals surface area contributed by atoms with Gasteiger partial charge in [0, 0.05) is 37.7 Å². The average molecular weight is 255 g/mol. The first-order chi connectivity index (χ1) is 9.15. The van der Waals surface area contributed by atoms with Crippen molar-refractivity contribution >= 4 is 5.69 Å². The standard InChI is InChI=1S/C16H21N3/c1-13(17)10-14-5-7-16(8-6-14)19(2)12-15-4-3-9-18-11-15/h3-9,11,13H,10,12,17H2,1-2H3. The highest BCUT2D eigenvalue weighted by Crippen LogP contribution is 2.16. The van der Waals surface area contributed by atoms with E-state index in [0.29, 0.717) is 0 Å². The van der Waals surface area contributed by atoms with Crippen LogP contribution in [0.2, 0.25) is 0 Å². The summed E-state index contributed by atoms with van der Waals surface area (Å²) in [5.41, 5.74) is 9.51. The highest BCUT2D eigenvalue weighted by molar-refractivity contribution is 5.47. The first-order valence-corrected chi connectivity index (χ1v) is 6.59. The zero-order valence-corrected chi connectivity index (χ0v) is 11.6. The summed E-state index contributed by atoms with van der Waals surface area (Å²) in [5, 5.41) is 0.